The molecular formula is C21H16F3N5O. The lowest BCUT2D eigenvalue weighted by molar-refractivity contribution is -0.185. The van der Waals surface area contributed by atoms with Crippen LogP contribution in [0.3, 0.4) is 0 Å². The fourth-order valence-electron chi connectivity index (χ4n) is 3.14. The fraction of sp³-hybridized carbons (Fsp3) is 0.143. The lowest BCUT2D eigenvalue weighted by Gasteiger charge is -2.29. The van der Waals surface area contributed by atoms with Crippen molar-refractivity contribution >= 4 is 17.7 Å². The number of aliphatic imine (C=N–C) groups is 1. The molecule has 6 nitrogen and oxygen atoms in total. The van der Waals surface area contributed by atoms with Crippen molar-refractivity contribution in [3.63, 3.8) is 0 Å². The lowest BCUT2D eigenvalue weighted by atomic mass is 10.1. The molecule has 0 saturated heterocycles. The third kappa shape index (κ3) is 3.49. The summed E-state index contributed by atoms with van der Waals surface area (Å²) in [5, 5.41) is 2.13. The zero-order valence-corrected chi connectivity index (χ0v) is 15.5. The minimum atomic E-state index is -5.03. The van der Waals surface area contributed by atoms with Crippen molar-refractivity contribution in [2.24, 2.45) is 4.99 Å². The Labute approximate surface area is 170 Å². The number of carbonyl (C=O) groups is 1. The summed E-state index contributed by atoms with van der Waals surface area (Å²) in [6.07, 6.45) is -2.47. The van der Waals surface area contributed by atoms with Crippen molar-refractivity contribution in [2.75, 3.05) is 5.32 Å². The summed E-state index contributed by atoms with van der Waals surface area (Å²) in [4.78, 5) is 25.7. The molecule has 1 amide bonds. The van der Waals surface area contributed by atoms with Crippen LogP contribution in [0.1, 0.15) is 11.1 Å². The van der Waals surface area contributed by atoms with E-state index in [0.29, 0.717) is 11.1 Å². The molecule has 1 N–H and O–H groups in total. The Bertz CT molecular complexity index is 1060. The first kappa shape index (κ1) is 19.6. The first-order valence-electron chi connectivity index (χ1n) is 9.04. The van der Waals surface area contributed by atoms with Gasteiger partial charge in [0.1, 0.15) is 5.84 Å². The summed E-state index contributed by atoms with van der Waals surface area (Å²) in [6.45, 7) is -0.0669. The minimum absolute atomic E-state index is 0.0669. The molecule has 1 aromatic heterocycles. The second kappa shape index (κ2) is 7.58. The fourth-order valence-corrected chi connectivity index (χ4v) is 3.14. The molecule has 0 fully saturated rings. The van der Waals surface area contributed by atoms with Gasteiger partial charge in [-0.15, -0.1) is 0 Å². The van der Waals surface area contributed by atoms with Crippen LogP contribution in [0.2, 0.25) is 0 Å². The highest BCUT2D eigenvalue weighted by molar-refractivity contribution is 6.16. The van der Waals surface area contributed by atoms with E-state index < -0.39 is 17.7 Å². The molecule has 1 aliphatic rings. The second-order valence-electron chi connectivity index (χ2n) is 6.58. The zero-order chi connectivity index (χ0) is 21.2. The first-order chi connectivity index (χ1) is 14.4. The maximum Gasteiger partial charge on any atom is 0.442 e. The third-order valence-corrected chi connectivity index (χ3v) is 4.57. The monoisotopic (exact) mass is 411 g/mol. The third-order valence-electron chi connectivity index (χ3n) is 4.57. The molecule has 0 aliphatic carbocycles. The Kier molecular flexibility index (Phi) is 4.94. The lowest BCUT2D eigenvalue weighted by Crippen LogP contribution is -2.58. The van der Waals surface area contributed by atoms with Gasteiger partial charge in [-0.3, -0.25) is 9.69 Å². The van der Waals surface area contributed by atoms with Gasteiger partial charge in [-0.2, -0.15) is 13.2 Å². The van der Waals surface area contributed by atoms with Crippen LogP contribution in [0, 0.1) is 0 Å². The smallest absolute Gasteiger partial charge is 0.314 e. The highest BCUT2D eigenvalue weighted by Crippen LogP contribution is 2.40. The van der Waals surface area contributed by atoms with Gasteiger partial charge in [0.2, 0.25) is 5.95 Å². The van der Waals surface area contributed by atoms with Crippen molar-refractivity contribution in [1.29, 1.82) is 0 Å². The Morgan fingerprint density at radius 2 is 1.50 bits per heavy atom. The first-order valence-corrected chi connectivity index (χ1v) is 9.04. The van der Waals surface area contributed by atoms with Crippen molar-refractivity contribution in [3.8, 4) is 0 Å². The maximum atomic E-state index is 14.3. The van der Waals surface area contributed by atoms with Crippen LogP contribution < -0.4 is 5.32 Å². The average molecular weight is 411 g/mol. The number of anilines is 1. The number of rotatable bonds is 5. The highest BCUT2D eigenvalue weighted by Gasteiger charge is 2.66. The SMILES string of the molecule is O=C1N(Cc2ccccc2)C(c2ccccc2)=NC1(Nc1ncccn1)C(F)(F)F. The van der Waals surface area contributed by atoms with Crippen LogP contribution >= 0.6 is 0 Å². The molecule has 152 valence electrons. The van der Waals surface area contributed by atoms with Gasteiger partial charge in [-0.1, -0.05) is 60.7 Å². The summed E-state index contributed by atoms with van der Waals surface area (Å²) in [5.74, 6) is -1.67. The standard InChI is InChI=1S/C21H16F3N5O/c22-21(23,24)20(28-19-25-12-7-13-26-19)18(30)29(14-15-8-3-1-4-9-15)17(27-20)16-10-5-2-6-11-16/h1-13H,14H2,(H,25,26,28). The second-order valence-corrected chi connectivity index (χ2v) is 6.58. The zero-order valence-electron chi connectivity index (χ0n) is 15.5. The molecule has 9 heteroatoms. The normalized spacial score (nSPS) is 19.0. The van der Waals surface area contributed by atoms with Crippen molar-refractivity contribution in [1.82, 2.24) is 14.9 Å². The van der Waals surface area contributed by atoms with E-state index in [9.17, 15) is 18.0 Å². The van der Waals surface area contributed by atoms with Gasteiger partial charge in [0.05, 0.1) is 6.54 Å². The van der Waals surface area contributed by atoms with Crippen LogP contribution in [0.15, 0.2) is 84.1 Å². The van der Waals surface area contributed by atoms with Crippen LogP contribution in [-0.4, -0.2) is 38.4 Å². The van der Waals surface area contributed by atoms with E-state index in [-0.39, 0.29) is 18.3 Å². The van der Waals surface area contributed by atoms with Gasteiger partial charge in [0.15, 0.2) is 0 Å². The predicted octanol–water partition coefficient (Wildman–Crippen LogP) is 3.64. The molecule has 30 heavy (non-hydrogen) atoms. The molecular weight excluding hydrogens is 395 g/mol. The number of amides is 1. The number of hydrogen-bond donors (Lipinski definition) is 1. The molecule has 2 aromatic carbocycles. The van der Waals surface area contributed by atoms with Gasteiger partial charge in [-0.25, -0.2) is 15.0 Å². The Morgan fingerprint density at radius 3 is 2.10 bits per heavy atom. The molecule has 0 bridgehead atoms. The topological polar surface area (TPSA) is 70.5 Å². The molecule has 3 aromatic rings. The summed E-state index contributed by atoms with van der Waals surface area (Å²) < 4.78 is 42.8. The van der Waals surface area contributed by atoms with E-state index in [1.165, 1.54) is 18.5 Å². The number of hydrogen-bond acceptors (Lipinski definition) is 5. The number of nitrogens with zero attached hydrogens (tertiary/aromatic N) is 4. The number of amidine groups is 1. The number of aromatic nitrogens is 2. The Hall–Kier alpha value is -3.75. The van der Waals surface area contributed by atoms with Crippen LogP contribution in [0.4, 0.5) is 19.1 Å². The Balaban J connectivity index is 1.83. The average Bonchev–Trinajstić information content (AvgIpc) is 3.03. The van der Waals surface area contributed by atoms with E-state index in [4.69, 9.17) is 0 Å². The molecule has 4 rings (SSSR count). The number of carbonyl (C=O) groups excluding carboxylic acids is 1. The van der Waals surface area contributed by atoms with Crippen molar-refractivity contribution in [2.45, 2.75) is 18.4 Å². The van der Waals surface area contributed by atoms with E-state index in [1.807, 2.05) is 0 Å². The predicted molar refractivity (Wildman–Crippen MR) is 104 cm³/mol. The summed E-state index contributed by atoms with van der Waals surface area (Å²) in [7, 11) is 0. The Morgan fingerprint density at radius 1 is 0.900 bits per heavy atom. The van der Waals surface area contributed by atoms with E-state index in [2.05, 4.69) is 20.3 Å². The van der Waals surface area contributed by atoms with Crippen LogP contribution in [0.5, 0.6) is 0 Å². The summed E-state index contributed by atoms with van der Waals surface area (Å²) >= 11 is 0. The van der Waals surface area contributed by atoms with E-state index >= 15 is 0 Å². The molecule has 0 saturated carbocycles. The van der Waals surface area contributed by atoms with Crippen LogP contribution in [0.25, 0.3) is 0 Å². The van der Waals surface area contributed by atoms with Gasteiger partial charge < -0.3 is 5.32 Å². The summed E-state index contributed by atoms with van der Waals surface area (Å²) in [5.41, 5.74) is -2.17. The summed E-state index contributed by atoms with van der Waals surface area (Å²) in [6, 6.07) is 18.5. The number of alkyl halides is 3. The largest absolute Gasteiger partial charge is 0.442 e. The van der Waals surface area contributed by atoms with E-state index in [1.54, 1.807) is 60.7 Å². The number of nitrogens with one attached hydrogen (secondary N) is 1. The maximum absolute atomic E-state index is 14.3. The van der Waals surface area contributed by atoms with Crippen molar-refractivity contribution in [3.05, 3.63) is 90.3 Å². The molecule has 1 unspecified atom stereocenters. The molecule has 2 heterocycles. The molecule has 0 radical (unpaired) electrons. The van der Waals surface area contributed by atoms with Gasteiger partial charge in [-0.05, 0) is 11.6 Å². The van der Waals surface area contributed by atoms with Gasteiger partial charge in [0.25, 0.3) is 5.91 Å². The number of halogens is 3. The van der Waals surface area contributed by atoms with Crippen LogP contribution in [-0.2, 0) is 11.3 Å². The van der Waals surface area contributed by atoms with Gasteiger partial charge >= 0.3 is 11.8 Å². The quantitative estimate of drug-likeness (QED) is 0.696. The molecule has 1 atom stereocenters. The van der Waals surface area contributed by atoms with E-state index in [0.717, 1.165) is 4.90 Å². The minimum Gasteiger partial charge on any atom is -0.314 e. The van der Waals surface area contributed by atoms with Gasteiger partial charge in [0, 0.05) is 18.0 Å². The molecule has 0 spiro atoms. The highest BCUT2D eigenvalue weighted by atomic mass is 19.4. The number of benzene rings is 2. The van der Waals surface area contributed by atoms with Crippen molar-refractivity contribution < 1.29 is 18.0 Å². The molecule has 1 aliphatic heterocycles.